The Kier molecular flexibility index (Phi) is 1.43. The Balaban J connectivity index is 2.57. The lowest BCUT2D eigenvalue weighted by atomic mass is 10.2. The number of hydrogen-bond acceptors (Lipinski definition) is 2. The van der Waals surface area contributed by atoms with Crippen molar-refractivity contribution in [2.45, 2.75) is 19.9 Å². The molecule has 64 valence electrons. The maximum absolute atomic E-state index is 11.3. The van der Waals surface area contributed by atoms with Gasteiger partial charge in [-0.25, -0.2) is 0 Å². The summed E-state index contributed by atoms with van der Waals surface area (Å²) in [7, 11) is 0. The molecule has 0 unspecified atom stereocenters. The Labute approximate surface area is 70.6 Å². The Morgan fingerprint density at radius 1 is 1.75 bits per heavy atom. The molecule has 1 N–H and O–H groups in total. The van der Waals surface area contributed by atoms with E-state index in [1.807, 2.05) is 13.8 Å². The van der Waals surface area contributed by atoms with Crippen molar-refractivity contribution >= 4 is 5.91 Å². The summed E-state index contributed by atoms with van der Waals surface area (Å²) in [5.41, 5.74) is 1.65. The van der Waals surface area contributed by atoms with E-state index in [4.69, 9.17) is 0 Å². The lowest BCUT2D eigenvalue weighted by Crippen LogP contribution is -2.38. The molecule has 0 saturated carbocycles. The standard InChI is InChI=1S/C8H11N3O/c1-5-3-10-11-6(2)4-9-8(12)7(5)11/h3,6H,4H2,1-2H3,(H,9,12)/t6-/m1/s1. The van der Waals surface area contributed by atoms with Crippen molar-refractivity contribution in [1.82, 2.24) is 15.1 Å². The summed E-state index contributed by atoms with van der Waals surface area (Å²) in [5, 5.41) is 6.96. The number of nitrogens with one attached hydrogen (secondary N) is 1. The third kappa shape index (κ3) is 0.841. The van der Waals surface area contributed by atoms with Crippen LogP contribution in [0.5, 0.6) is 0 Å². The van der Waals surface area contributed by atoms with E-state index in [2.05, 4.69) is 10.4 Å². The number of aromatic nitrogens is 2. The van der Waals surface area contributed by atoms with Crippen molar-refractivity contribution in [2.75, 3.05) is 6.54 Å². The van der Waals surface area contributed by atoms with Crippen LogP contribution in [0.3, 0.4) is 0 Å². The highest BCUT2D eigenvalue weighted by molar-refractivity contribution is 5.94. The molecule has 12 heavy (non-hydrogen) atoms. The van der Waals surface area contributed by atoms with E-state index in [-0.39, 0.29) is 11.9 Å². The number of rotatable bonds is 0. The van der Waals surface area contributed by atoms with Gasteiger partial charge in [0.2, 0.25) is 0 Å². The van der Waals surface area contributed by atoms with Crippen LogP contribution in [0.25, 0.3) is 0 Å². The first-order valence-corrected chi connectivity index (χ1v) is 4.02. The minimum Gasteiger partial charge on any atom is -0.349 e. The maximum atomic E-state index is 11.3. The van der Waals surface area contributed by atoms with Gasteiger partial charge in [-0.15, -0.1) is 0 Å². The summed E-state index contributed by atoms with van der Waals surface area (Å²) < 4.78 is 1.79. The highest BCUT2D eigenvalue weighted by atomic mass is 16.2. The molecule has 0 aromatic carbocycles. The van der Waals surface area contributed by atoms with Crippen molar-refractivity contribution in [2.24, 2.45) is 0 Å². The number of carbonyl (C=O) groups is 1. The zero-order valence-corrected chi connectivity index (χ0v) is 7.16. The predicted molar refractivity (Wildman–Crippen MR) is 44.0 cm³/mol. The highest BCUT2D eigenvalue weighted by Gasteiger charge is 2.24. The summed E-state index contributed by atoms with van der Waals surface area (Å²) in [6.07, 6.45) is 1.73. The lowest BCUT2D eigenvalue weighted by molar-refractivity contribution is 0.0912. The van der Waals surface area contributed by atoms with E-state index in [0.717, 1.165) is 5.56 Å². The van der Waals surface area contributed by atoms with E-state index in [1.165, 1.54) is 0 Å². The second-order valence-corrected chi connectivity index (χ2v) is 3.18. The molecule has 4 nitrogen and oxygen atoms in total. The second kappa shape index (κ2) is 2.33. The summed E-state index contributed by atoms with van der Waals surface area (Å²) >= 11 is 0. The van der Waals surface area contributed by atoms with E-state index < -0.39 is 0 Å². The summed E-state index contributed by atoms with van der Waals surface area (Å²) in [4.78, 5) is 11.3. The molecule has 0 radical (unpaired) electrons. The van der Waals surface area contributed by atoms with Gasteiger partial charge >= 0.3 is 0 Å². The first-order valence-electron chi connectivity index (χ1n) is 4.02. The summed E-state index contributed by atoms with van der Waals surface area (Å²) in [5.74, 6) is -0.0110. The summed E-state index contributed by atoms with van der Waals surface area (Å²) in [6, 6.07) is 0.270. The Hall–Kier alpha value is -1.32. The quantitative estimate of drug-likeness (QED) is 0.608. The van der Waals surface area contributed by atoms with Gasteiger partial charge in [0.1, 0.15) is 5.69 Å². The minimum atomic E-state index is -0.0110. The molecule has 2 rings (SSSR count). The number of nitrogens with zero attached hydrogens (tertiary/aromatic N) is 2. The van der Waals surface area contributed by atoms with Crippen LogP contribution in [0.15, 0.2) is 6.20 Å². The third-order valence-corrected chi connectivity index (χ3v) is 2.17. The van der Waals surface area contributed by atoms with E-state index in [9.17, 15) is 4.79 Å². The monoisotopic (exact) mass is 165 g/mol. The smallest absolute Gasteiger partial charge is 0.269 e. The van der Waals surface area contributed by atoms with Gasteiger partial charge in [0.25, 0.3) is 5.91 Å². The number of amides is 1. The molecular weight excluding hydrogens is 154 g/mol. The van der Waals surface area contributed by atoms with Crippen molar-refractivity contribution in [3.63, 3.8) is 0 Å². The number of fused-ring (bicyclic) bond motifs is 1. The predicted octanol–water partition coefficient (Wildman–Crippen LogP) is 0.496. The molecule has 1 aromatic heterocycles. The molecule has 1 aliphatic heterocycles. The van der Waals surface area contributed by atoms with Gasteiger partial charge in [0.15, 0.2) is 0 Å². The molecule has 0 fully saturated rings. The Morgan fingerprint density at radius 2 is 2.50 bits per heavy atom. The van der Waals surface area contributed by atoms with E-state index >= 15 is 0 Å². The van der Waals surface area contributed by atoms with Gasteiger partial charge in [-0.2, -0.15) is 5.10 Å². The van der Waals surface area contributed by atoms with Gasteiger partial charge in [0.05, 0.1) is 12.2 Å². The minimum absolute atomic E-state index is 0.0110. The molecule has 1 atom stereocenters. The average Bonchev–Trinajstić information content (AvgIpc) is 2.42. The van der Waals surface area contributed by atoms with Gasteiger partial charge in [-0.05, 0) is 19.4 Å². The first kappa shape index (κ1) is 7.34. The highest BCUT2D eigenvalue weighted by Crippen LogP contribution is 2.16. The SMILES string of the molecule is Cc1cnn2c1C(=O)NC[C@H]2C. The molecule has 2 heterocycles. The van der Waals surface area contributed by atoms with Crippen molar-refractivity contribution < 1.29 is 4.79 Å². The van der Waals surface area contributed by atoms with Crippen LogP contribution in [-0.2, 0) is 0 Å². The third-order valence-electron chi connectivity index (χ3n) is 2.17. The Bertz CT molecular complexity index is 329. The van der Waals surface area contributed by atoms with Crippen LogP contribution in [-0.4, -0.2) is 22.2 Å². The molecule has 0 spiro atoms. The molecule has 1 aromatic rings. The molecule has 1 amide bonds. The van der Waals surface area contributed by atoms with Crippen molar-refractivity contribution in [3.05, 3.63) is 17.5 Å². The first-order chi connectivity index (χ1) is 5.70. The lowest BCUT2D eigenvalue weighted by Gasteiger charge is -2.21. The van der Waals surface area contributed by atoms with Crippen molar-refractivity contribution in [1.29, 1.82) is 0 Å². The van der Waals surface area contributed by atoms with Gasteiger partial charge < -0.3 is 5.32 Å². The Morgan fingerprint density at radius 3 is 3.17 bits per heavy atom. The number of hydrogen-bond donors (Lipinski definition) is 1. The average molecular weight is 165 g/mol. The van der Waals surface area contributed by atoms with E-state index in [0.29, 0.717) is 12.2 Å². The van der Waals surface area contributed by atoms with Crippen LogP contribution in [0.4, 0.5) is 0 Å². The molecule has 1 aliphatic rings. The zero-order chi connectivity index (χ0) is 8.72. The molecule has 4 heteroatoms. The topological polar surface area (TPSA) is 46.9 Å². The van der Waals surface area contributed by atoms with Crippen molar-refractivity contribution in [3.8, 4) is 0 Å². The normalized spacial score (nSPS) is 21.8. The largest absolute Gasteiger partial charge is 0.349 e. The fraction of sp³-hybridized carbons (Fsp3) is 0.500. The van der Waals surface area contributed by atoms with Gasteiger partial charge in [-0.3, -0.25) is 9.48 Å². The van der Waals surface area contributed by atoms with Crippen LogP contribution in [0, 0.1) is 6.92 Å². The number of aryl methyl sites for hydroxylation is 1. The molecule has 0 aliphatic carbocycles. The molecular formula is C8H11N3O. The van der Waals surface area contributed by atoms with Crippen LogP contribution in [0.2, 0.25) is 0 Å². The molecule has 0 bridgehead atoms. The number of carbonyl (C=O) groups excluding carboxylic acids is 1. The fourth-order valence-electron chi connectivity index (χ4n) is 1.48. The van der Waals surface area contributed by atoms with Gasteiger partial charge in [-0.1, -0.05) is 0 Å². The maximum Gasteiger partial charge on any atom is 0.269 e. The van der Waals surface area contributed by atoms with Crippen LogP contribution >= 0.6 is 0 Å². The van der Waals surface area contributed by atoms with Crippen LogP contribution in [0.1, 0.15) is 29.0 Å². The fourth-order valence-corrected chi connectivity index (χ4v) is 1.48. The molecule has 0 saturated heterocycles. The summed E-state index contributed by atoms with van der Waals surface area (Å²) in [6.45, 7) is 4.61. The second-order valence-electron chi connectivity index (χ2n) is 3.18. The zero-order valence-electron chi connectivity index (χ0n) is 7.16. The van der Waals surface area contributed by atoms with Gasteiger partial charge in [0, 0.05) is 6.54 Å². The van der Waals surface area contributed by atoms with E-state index in [1.54, 1.807) is 10.9 Å². The van der Waals surface area contributed by atoms with Crippen LogP contribution < -0.4 is 5.32 Å².